The molecule has 2 atom stereocenters. The highest BCUT2D eigenvalue weighted by atomic mass is 19.1. The zero-order chi connectivity index (χ0) is 14.6. The lowest BCUT2D eigenvalue weighted by atomic mass is 9.88. The van der Waals surface area contributed by atoms with Gasteiger partial charge in [-0.3, -0.25) is 0 Å². The number of carboxylic acids is 1. The van der Waals surface area contributed by atoms with Crippen molar-refractivity contribution in [3.63, 3.8) is 0 Å². The van der Waals surface area contributed by atoms with Crippen molar-refractivity contribution in [3.8, 4) is 0 Å². The van der Waals surface area contributed by atoms with Crippen LogP contribution in [-0.2, 0) is 4.79 Å². The van der Waals surface area contributed by atoms with Gasteiger partial charge in [-0.15, -0.1) is 0 Å². The molecule has 3 nitrogen and oxygen atoms in total. The first kappa shape index (κ1) is 15.1. The lowest BCUT2D eigenvalue weighted by molar-refractivity contribution is -0.133. The second-order valence-electron chi connectivity index (χ2n) is 4.40. The third-order valence-corrected chi connectivity index (χ3v) is 2.97. The van der Waals surface area contributed by atoms with Crippen LogP contribution in [0.25, 0.3) is 0 Å². The Bertz CT molecular complexity index is 475. The molecule has 1 aliphatic carbocycles. The second kappa shape index (κ2) is 6.31. The van der Waals surface area contributed by atoms with Crippen LogP contribution in [0.15, 0.2) is 47.5 Å². The molecule has 0 radical (unpaired) electrons. The molecule has 0 fully saturated rings. The smallest absolute Gasteiger partial charge is 0.335 e. The summed E-state index contributed by atoms with van der Waals surface area (Å²) < 4.78 is 26.5. The van der Waals surface area contributed by atoms with Gasteiger partial charge < -0.3 is 10.2 Å². The fourth-order valence-electron chi connectivity index (χ4n) is 1.94. The molecule has 0 saturated heterocycles. The molecule has 2 N–H and O–H groups in total. The first-order chi connectivity index (χ1) is 8.86. The molecule has 1 rings (SSSR count). The number of aliphatic hydroxyl groups excluding tert-OH is 1. The third kappa shape index (κ3) is 3.77. The monoisotopic (exact) mass is 270 g/mol. The van der Waals surface area contributed by atoms with Gasteiger partial charge in [-0.2, -0.15) is 0 Å². The van der Waals surface area contributed by atoms with Crippen LogP contribution < -0.4 is 0 Å². The van der Waals surface area contributed by atoms with Crippen LogP contribution in [0.5, 0.6) is 0 Å². The summed E-state index contributed by atoms with van der Waals surface area (Å²) in [7, 11) is 0. The van der Waals surface area contributed by atoms with Gasteiger partial charge in [0.15, 0.2) is 0 Å². The van der Waals surface area contributed by atoms with Crippen LogP contribution in [0.4, 0.5) is 8.78 Å². The van der Waals surface area contributed by atoms with Crippen molar-refractivity contribution in [2.45, 2.75) is 25.9 Å². The molecular weight excluding hydrogens is 254 g/mol. The molecule has 5 heteroatoms. The zero-order valence-corrected chi connectivity index (χ0v) is 10.6. The number of aliphatic hydroxyl groups is 1. The summed E-state index contributed by atoms with van der Waals surface area (Å²) in [6, 6.07) is 0. The minimum Gasteiger partial charge on any atom is -0.507 e. The van der Waals surface area contributed by atoms with E-state index in [0.717, 1.165) is 12.2 Å². The van der Waals surface area contributed by atoms with Gasteiger partial charge in [0.1, 0.15) is 17.8 Å². The number of allylic oxidation sites excluding steroid dienone is 5. The molecule has 0 bridgehead atoms. The molecule has 1 aliphatic rings. The molecule has 0 heterocycles. The van der Waals surface area contributed by atoms with Crippen molar-refractivity contribution in [2.24, 2.45) is 5.92 Å². The van der Waals surface area contributed by atoms with E-state index in [2.05, 4.69) is 6.58 Å². The zero-order valence-electron chi connectivity index (χ0n) is 10.6. The maximum atomic E-state index is 13.6. The van der Waals surface area contributed by atoms with Gasteiger partial charge in [0.05, 0.1) is 5.57 Å². The molecule has 19 heavy (non-hydrogen) atoms. The summed E-state index contributed by atoms with van der Waals surface area (Å²) in [5.74, 6) is -2.87. The number of hydrogen-bond acceptors (Lipinski definition) is 2. The van der Waals surface area contributed by atoms with Crippen molar-refractivity contribution >= 4 is 5.97 Å². The van der Waals surface area contributed by atoms with Crippen LogP contribution in [-0.4, -0.2) is 22.4 Å². The molecule has 2 unspecified atom stereocenters. The molecule has 0 aromatic heterocycles. The number of hydrogen-bond donors (Lipinski definition) is 2. The van der Waals surface area contributed by atoms with Crippen LogP contribution in [0, 0.1) is 5.92 Å². The summed E-state index contributed by atoms with van der Waals surface area (Å²) in [5, 5.41) is 18.4. The van der Waals surface area contributed by atoms with Crippen molar-refractivity contribution in [2.75, 3.05) is 0 Å². The van der Waals surface area contributed by atoms with Crippen LogP contribution in [0.3, 0.4) is 0 Å². The SMILES string of the molecule is C=C/C(O)=C(\CC(C)C1=CCC(F)C=C1F)C(=O)O. The van der Waals surface area contributed by atoms with Crippen LogP contribution >= 0.6 is 0 Å². The molecule has 0 saturated carbocycles. The van der Waals surface area contributed by atoms with Gasteiger partial charge in [-0.05, 0) is 30.1 Å². The summed E-state index contributed by atoms with van der Waals surface area (Å²) in [5.41, 5.74) is 0.0306. The van der Waals surface area contributed by atoms with Crippen LogP contribution in [0.2, 0.25) is 0 Å². The molecule has 0 aromatic carbocycles. The fraction of sp³-hybridized carbons (Fsp3) is 0.357. The second-order valence-corrected chi connectivity index (χ2v) is 4.40. The predicted molar refractivity (Wildman–Crippen MR) is 68.1 cm³/mol. The van der Waals surface area contributed by atoms with E-state index >= 15 is 0 Å². The fourth-order valence-corrected chi connectivity index (χ4v) is 1.94. The highest BCUT2D eigenvalue weighted by molar-refractivity contribution is 5.87. The van der Waals surface area contributed by atoms with Crippen molar-refractivity contribution in [1.82, 2.24) is 0 Å². The number of aliphatic carboxylic acids is 1. The lowest BCUT2D eigenvalue weighted by Gasteiger charge is -2.19. The summed E-state index contributed by atoms with van der Waals surface area (Å²) in [6.07, 6.45) is 2.00. The average Bonchev–Trinajstić information content (AvgIpc) is 2.34. The van der Waals surface area contributed by atoms with Gasteiger partial charge in [-0.1, -0.05) is 19.6 Å². The maximum Gasteiger partial charge on any atom is 0.335 e. The predicted octanol–water partition coefficient (Wildman–Crippen LogP) is 3.62. The van der Waals surface area contributed by atoms with Gasteiger partial charge >= 0.3 is 5.97 Å². The summed E-state index contributed by atoms with van der Waals surface area (Å²) in [6.45, 7) is 4.91. The van der Waals surface area contributed by atoms with Crippen LogP contribution in [0.1, 0.15) is 19.8 Å². The Morgan fingerprint density at radius 1 is 1.63 bits per heavy atom. The standard InChI is InChI=1S/C14H16F2O3/c1-3-13(17)11(14(18)19)6-8(2)10-5-4-9(15)7-12(10)16/h3,5,7-9,17H,1,4,6H2,2H3,(H,18,19)/b13-11-. The van der Waals surface area contributed by atoms with E-state index in [9.17, 15) is 18.7 Å². The summed E-state index contributed by atoms with van der Waals surface area (Å²) in [4.78, 5) is 11.0. The first-order valence-electron chi connectivity index (χ1n) is 5.86. The number of rotatable bonds is 5. The largest absolute Gasteiger partial charge is 0.507 e. The first-order valence-corrected chi connectivity index (χ1v) is 5.86. The molecule has 0 amide bonds. The molecule has 0 aliphatic heterocycles. The normalized spacial score (nSPS) is 21.9. The maximum absolute atomic E-state index is 13.6. The number of alkyl halides is 1. The van der Waals surface area contributed by atoms with E-state index in [4.69, 9.17) is 5.11 Å². The van der Waals surface area contributed by atoms with Crippen molar-refractivity contribution < 1.29 is 23.8 Å². The van der Waals surface area contributed by atoms with E-state index in [1.54, 1.807) is 6.92 Å². The van der Waals surface area contributed by atoms with E-state index in [0.29, 0.717) is 0 Å². The Hall–Kier alpha value is -1.91. The van der Waals surface area contributed by atoms with E-state index < -0.39 is 29.6 Å². The quantitative estimate of drug-likeness (QED) is 0.456. The number of carboxylic acid groups (broad SMARTS) is 1. The molecule has 0 aromatic rings. The topological polar surface area (TPSA) is 57.5 Å². The summed E-state index contributed by atoms with van der Waals surface area (Å²) >= 11 is 0. The Labute approximate surface area is 110 Å². The van der Waals surface area contributed by atoms with Gasteiger partial charge in [0.2, 0.25) is 0 Å². The minimum atomic E-state index is -1.34. The minimum absolute atomic E-state index is 0.0583. The Morgan fingerprint density at radius 3 is 2.74 bits per heavy atom. The molecule has 104 valence electrons. The Morgan fingerprint density at radius 2 is 2.26 bits per heavy atom. The van der Waals surface area contributed by atoms with Gasteiger partial charge in [-0.25, -0.2) is 13.6 Å². The Kier molecular flexibility index (Phi) is 5.03. The number of carbonyl (C=O) groups is 1. The van der Waals surface area contributed by atoms with Crippen molar-refractivity contribution in [1.29, 1.82) is 0 Å². The van der Waals surface area contributed by atoms with E-state index in [-0.39, 0.29) is 24.0 Å². The average molecular weight is 270 g/mol. The molecule has 0 spiro atoms. The third-order valence-electron chi connectivity index (χ3n) is 2.97. The Balaban J connectivity index is 2.91. The highest BCUT2D eigenvalue weighted by Crippen LogP contribution is 2.31. The van der Waals surface area contributed by atoms with E-state index in [1.807, 2.05) is 0 Å². The number of halogens is 2. The molecular formula is C14H16F2O3. The lowest BCUT2D eigenvalue weighted by Crippen LogP contribution is -2.13. The van der Waals surface area contributed by atoms with Gasteiger partial charge in [0.25, 0.3) is 0 Å². The highest BCUT2D eigenvalue weighted by Gasteiger charge is 2.23. The van der Waals surface area contributed by atoms with E-state index in [1.165, 1.54) is 6.08 Å². The van der Waals surface area contributed by atoms with Crippen molar-refractivity contribution in [3.05, 3.63) is 47.5 Å². The van der Waals surface area contributed by atoms with Gasteiger partial charge in [0, 0.05) is 6.42 Å².